The lowest BCUT2D eigenvalue weighted by Crippen LogP contribution is -2.31. The third-order valence-corrected chi connectivity index (χ3v) is 3.93. The summed E-state index contributed by atoms with van der Waals surface area (Å²) in [6, 6.07) is 6.59. The molecule has 0 aliphatic carbocycles. The zero-order chi connectivity index (χ0) is 16.1. The summed E-state index contributed by atoms with van der Waals surface area (Å²) in [4.78, 5) is 36.8. The van der Waals surface area contributed by atoms with Crippen LogP contribution in [0.4, 0.5) is 4.79 Å². The van der Waals surface area contributed by atoms with E-state index < -0.39 is 5.97 Å². The number of thioether (sulfide) groups is 1. The van der Waals surface area contributed by atoms with E-state index in [2.05, 4.69) is 4.74 Å². The molecule has 2 rings (SSSR count). The number of rotatable bonds is 5. The Hall–Kier alpha value is -2.12. The van der Waals surface area contributed by atoms with Crippen molar-refractivity contribution in [2.75, 3.05) is 27.4 Å². The number of methoxy groups -OCH3 is 2. The second-order valence-corrected chi connectivity index (χ2v) is 5.43. The van der Waals surface area contributed by atoms with E-state index in [4.69, 9.17) is 4.74 Å². The van der Waals surface area contributed by atoms with Crippen molar-refractivity contribution >= 4 is 35.0 Å². The highest BCUT2D eigenvalue weighted by molar-refractivity contribution is 8.18. The third kappa shape index (κ3) is 3.55. The van der Waals surface area contributed by atoms with Gasteiger partial charge in [-0.3, -0.25) is 14.5 Å². The standard InChI is InChI=1S/C15H15NO5S/c1-20-8-7-16-13(17)12(22-15(16)19)9-10-3-5-11(6-4-10)14(18)21-2/h3-6,9H,7-8H2,1-2H3/b12-9+. The van der Waals surface area contributed by atoms with E-state index >= 15 is 0 Å². The third-order valence-electron chi connectivity index (χ3n) is 3.02. The molecule has 22 heavy (non-hydrogen) atoms. The van der Waals surface area contributed by atoms with E-state index in [0.717, 1.165) is 22.2 Å². The van der Waals surface area contributed by atoms with Crippen molar-refractivity contribution in [3.05, 3.63) is 40.3 Å². The van der Waals surface area contributed by atoms with Gasteiger partial charge < -0.3 is 9.47 Å². The fourth-order valence-electron chi connectivity index (χ4n) is 1.86. The lowest BCUT2D eigenvalue weighted by Gasteiger charge is -2.10. The molecule has 0 N–H and O–H groups in total. The number of amides is 2. The summed E-state index contributed by atoms with van der Waals surface area (Å²) < 4.78 is 9.50. The van der Waals surface area contributed by atoms with Gasteiger partial charge in [-0.15, -0.1) is 0 Å². The molecule has 6 nitrogen and oxygen atoms in total. The fourth-order valence-corrected chi connectivity index (χ4v) is 2.73. The van der Waals surface area contributed by atoms with Gasteiger partial charge in [0, 0.05) is 7.11 Å². The van der Waals surface area contributed by atoms with Gasteiger partial charge in [0.25, 0.3) is 11.1 Å². The minimum atomic E-state index is -0.425. The Bertz CT molecular complexity index is 623. The molecule has 2 amide bonds. The van der Waals surface area contributed by atoms with Crippen LogP contribution in [0.25, 0.3) is 6.08 Å². The van der Waals surface area contributed by atoms with Crippen LogP contribution in [0.5, 0.6) is 0 Å². The number of esters is 1. The van der Waals surface area contributed by atoms with Crippen LogP contribution in [-0.2, 0) is 14.3 Å². The molecule has 7 heteroatoms. The number of benzene rings is 1. The van der Waals surface area contributed by atoms with Crippen molar-refractivity contribution in [3.63, 3.8) is 0 Å². The highest BCUT2D eigenvalue weighted by atomic mass is 32.2. The van der Waals surface area contributed by atoms with Gasteiger partial charge in [0.2, 0.25) is 0 Å². The molecule has 0 atom stereocenters. The maximum atomic E-state index is 12.1. The fraction of sp³-hybridized carbons (Fsp3) is 0.267. The van der Waals surface area contributed by atoms with E-state index in [9.17, 15) is 14.4 Å². The Kier molecular flexibility index (Phi) is 5.35. The first kappa shape index (κ1) is 16.3. The molecule has 1 heterocycles. The molecule has 1 aromatic rings. The molecule has 1 aliphatic heterocycles. The van der Waals surface area contributed by atoms with Gasteiger partial charge in [0.05, 0.1) is 30.7 Å². The second kappa shape index (κ2) is 7.24. The average Bonchev–Trinajstić information content (AvgIpc) is 2.79. The first-order valence-corrected chi connectivity index (χ1v) is 7.31. The summed E-state index contributed by atoms with van der Waals surface area (Å²) >= 11 is 0.893. The summed E-state index contributed by atoms with van der Waals surface area (Å²) in [5, 5.41) is -0.306. The molecule has 0 spiro atoms. The molecule has 0 saturated carbocycles. The molecule has 0 aromatic heterocycles. The minimum Gasteiger partial charge on any atom is -0.465 e. The van der Waals surface area contributed by atoms with Crippen LogP contribution in [0.15, 0.2) is 29.2 Å². The van der Waals surface area contributed by atoms with Gasteiger partial charge >= 0.3 is 5.97 Å². The van der Waals surface area contributed by atoms with Gasteiger partial charge in [-0.2, -0.15) is 0 Å². The van der Waals surface area contributed by atoms with Crippen LogP contribution >= 0.6 is 11.8 Å². The summed E-state index contributed by atoms with van der Waals surface area (Å²) in [7, 11) is 2.82. The molecule has 0 unspecified atom stereocenters. The quantitative estimate of drug-likeness (QED) is 0.611. The lowest BCUT2D eigenvalue weighted by atomic mass is 10.1. The van der Waals surface area contributed by atoms with Crippen LogP contribution in [0, 0.1) is 0 Å². The molecule has 0 bridgehead atoms. The summed E-state index contributed by atoms with van der Waals surface area (Å²) in [5.41, 5.74) is 1.15. The van der Waals surface area contributed by atoms with Crippen LogP contribution in [-0.4, -0.2) is 49.4 Å². The predicted molar refractivity (Wildman–Crippen MR) is 82.3 cm³/mol. The van der Waals surface area contributed by atoms with E-state index in [1.807, 2.05) is 0 Å². The Morgan fingerprint density at radius 3 is 2.50 bits per heavy atom. The highest BCUT2D eigenvalue weighted by Crippen LogP contribution is 2.31. The number of ether oxygens (including phenoxy) is 2. The maximum Gasteiger partial charge on any atom is 0.337 e. The number of carbonyl (C=O) groups excluding carboxylic acids is 3. The maximum absolute atomic E-state index is 12.1. The zero-order valence-corrected chi connectivity index (χ0v) is 13.0. The Morgan fingerprint density at radius 2 is 1.91 bits per heavy atom. The molecule has 0 radical (unpaired) electrons. The van der Waals surface area contributed by atoms with Gasteiger partial charge in [0.15, 0.2) is 0 Å². The smallest absolute Gasteiger partial charge is 0.337 e. The van der Waals surface area contributed by atoms with E-state index in [0.29, 0.717) is 17.1 Å². The molecule has 1 saturated heterocycles. The van der Waals surface area contributed by atoms with Crippen LogP contribution in [0.3, 0.4) is 0 Å². The number of hydrogen-bond donors (Lipinski definition) is 0. The summed E-state index contributed by atoms with van der Waals surface area (Å²) in [6.07, 6.45) is 1.62. The summed E-state index contributed by atoms with van der Waals surface area (Å²) in [5.74, 6) is -0.754. The molecule has 1 aromatic carbocycles. The van der Waals surface area contributed by atoms with Gasteiger partial charge in [0.1, 0.15) is 0 Å². The number of nitrogens with zero attached hydrogens (tertiary/aromatic N) is 1. The number of hydrogen-bond acceptors (Lipinski definition) is 6. The molecular weight excluding hydrogens is 306 g/mol. The van der Waals surface area contributed by atoms with E-state index in [1.54, 1.807) is 30.3 Å². The minimum absolute atomic E-state index is 0.236. The predicted octanol–water partition coefficient (Wildman–Crippen LogP) is 2.16. The molecule has 1 fully saturated rings. The topological polar surface area (TPSA) is 72.9 Å². The normalized spacial score (nSPS) is 16.5. The van der Waals surface area contributed by atoms with Crippen molar-refractivity contribution in [2.24, 2.45) is 0 Å². The van der Waals surface area contributed by atoms with E-state index in [1.165, 1.54) is 14.2 Å². The van der Waals surface area contributed by atoms with Gasteiger partial charge in [-0.1, -0.05) is 12.1 Å². The monoisotopic (exact) mass is 321 g/mol. The van der Waals surface area contributed by atoms with E-state index in [-0.39, 0.29) is 17.7 Å². The Labute approximate surface area is 132 Å². The molecule has 116 valence electrons. The van der Waals surface area contributed by atoms with Crippen LogP contribution in [0.1, 0.15) is 15.9 Å². The molecule has 1 aliphatic rings. The lowest BCUT2D eigenvalue weighted by molar-refractivity contribution is -0.123. The van der Waals surface area contributed by atoms with Crippen molar-refractivity contribution in [1.82, 2.24) is 4.90 Å². The SMILES string of the molecule is COCCN1C(=O)S/C(=C/c2ccc(C(=O)OC)cc2)C1=O. The van der Waals surface area contributed by atoms with Crippen LogP contribution < -0.4 is 0 Å². The highest BCUT2D eigenvalue weighted by Gasteiger charge is 2.34. The van der Waals surface area contributed by atoms with Crippen molar-refractivity contribution in [1.29, 1.82) is 0 Å². The zero-order valence-electron chi connectivity index (χ0n) is 12.2. The Morgan fingerprint density at radius 1 is 1.23 bits per heavy atom. The largest absolute Gasteiger partial charge is 0.465 e. The number of carbonyl (C=O) groups is 3. The van der Waals surface area contributed by atoms with Gasteiger partial charge in [-0.25, -0.2) is 4.79 Å². The van der Waals surface area contributed by atoms with Crippen LogP contribution in [0.2, 0.25) is 0 Å². The van der Waals surface area contributed by atoms with Crippen molar-refractivity contribution < 1.29 is 23.9 Å². The first-order chi connectivity index (χ1) is 10.6. The van der Waals surface area contributed by atoms with Crippen molar-refractivity contribution in [2.45, 2.75) is 0 Å². The average molecular weight is 321 g/mol. The molecular formula is C15H15NO5S. The summed E-state index contributed by atoms with van der Waals surface area (Å²) in [6.45, 7) is 0.541. The van der Waals surface area contributed by atoms with Gasteiger partial charge in [-0.05, 0) is 35.5 Å². The Balaban J connectivity index is 2.14. The second-order valence-electron chi connectivity index (χ2n) is 4.44. The first-order valence-electron chi connectivity index (χ1n) is 6.49. The number of imide groups is 1. The van der Waals surface area contributed by atoms with Crippen molar-refractivity contribution in [3.8, 4) is 0 Å².